The van der Waals surface area contributed by atoms with Gasteiger partial charge in [-0.25, -0.2) is 4.39 Å². The summed E-state index contributed by atoms with van der Waals surface area (Å²) in [6.45, 7) is 1.45. The Morgan fingerprint density at radius 1 is 1.55 bits per heavy atom. The number of aldehydes is 1. The highest BCUT2D eigenvalue weighted by atomic mass is 35.5. The van der Waals surface area contributed by atoms with Crippen molar-refractivity contribution in [3.8, 4) is 10.9 Å². The zero-order chi connectivity index (χ0) is 14.9. The predicted octanol–water partition coefficient (Wildman–Crippen LogP) is 3.76. The highest BCUT2D eigenvalue weighted by Crippen LogP contribution is 2.34. The molecule has 0 saturated heterocycles. The SMILES string of the molecule is Cc1cc(Oc2nc(Cl)c(C=O)s2)c(F)cc1[N+](=O)[O-]. The number of carbonyl (C=O) groups is 1. The van der Waals surface area contributed by atoms with Crippen LogP contribution in [0.4, 0.5) is 10.1 Å². The Bertz CT molecular complexity index is 704. The van der Waals surface area contributed by atoms with E-state index in [-0.39, 0.29) is 32.2 Å². The molecule has 0 fully saturated rings. The van der Waals surface area contributed by atoms with Crippen LogP contribution in [0.5, 0.6) is 10.9 Å². The smallest absolute Gasteiger partial charge is 0.280 e. The molecule has 0 spiro atoms. The minimum atomic E-state index is -0.902. The Hall–Kier alpha value is -2.06. The molecule has 0 saturated carbocycles. The molecule has 0 aliphatic heterocycles. The lowest BCUT2D eigenvalue weighted by molar-refractivity contribution is -0.385. The van der Waals surface area contributed by atoms with Crippen LogP contribution < -0.4 is 4.74 Å². The number of rotatable bonds is 4. The summed E-state index contributed by atoms with van der Waals surface area (Å²) in [5.41, 5.74) is -0.106. The van der Waals surface area contributed by atoms with Gasteiger partial charge in [0.25, 0.3) is 10.9 Å². The van der Waals surface area contributed by atoms with Gasteiger partial charge in [0.15, 0.2) is 23.0 Å². The number of aryl methyl sites for hydroxylation is 1. The zero-order valence-electron chi connectivity index (χ0n) is 9.92. The molecule has 1 heterocycles. The molecule has 2 aromatic rings. The molecule has 9 heteroatoms. The van der Waals surface area contributed by atoms with Crippen molar-refractivity contribution in [3.05, 3.63) is 43.7 Å². The van der Waals surface area contributed by atoms with Gasteiger partial charge in [0.1, 0.15) is 4.88 Å². The van der Waals surface area contributed by atoms with E-state index in [1.54, 1.807) is 0 Å². The number of benzene rings is 1. The fourth-order valence-corrected chi connectivity index (χ4v) is 2.35. The van der Waals surface area contributed by atoms with Gasteiger partial charge in [0.2, 0.25) is 0 Å². The van der Waals surface area contributed by atoms with E-state index in [4.69, 9.17) is 16.3 Å². The Balaban J connectivity index is 2.36. The molecule has 0 bridgehead atoms. The van der Waals surface area contributed by atoms with Crippen molar-refractivity contribution < 1.29 is 18.8 Å². The first-order valence-electron chi connectivity index (χ1n) is 5.16. The van der Waals surface area contributed by atoms with Crippen LogP contribution in [0.15, 0.2) is 12.1 Å². The van der Waals surface area contributed by atoms with Crippen LogP contribution in [0, 0.1) is 22.9 Å². The fourth-order valence-electron chi connectivity index (χ4n) is 1.42. The number of nitrogens with zero attached hydrogens (tertiary/aromatic N) is 2. The first-order chi connectivity index (χ1) is 9.42. The molecule has 0 atom stereocenters. The van der Waals surface area contributed by atoms with Crippen molar-refractivity contribution in [3.63, 3.8) is 0 Å². The molecule has 0 radical (unpaired) electrons. The van der Waals surface area contributed by atoms with Gasteiger partial charge < -0.3 is 4.74 Å². The number of ether oxygens (including phenoxy) is 1. The number of aromatic nitrogens is 1. The predicted molar refractivity (Wildman–Crippen MR) is 70.4 cm³/mol. The number of carbonyl (C=O) groups excluding carboxylic acids is 1. The second kappa shape index (κ2) is 5.51. The molecule has 2 rings (SSSR count). The van der Waals surface area contributed by atoms with Gasteiger partial charge in [0, 0.05) is 5.56 Å². The van der Waals surface area contributed by atoms with E-state index < -0.39 is 10.7 Å². The van der Waals surface area contributed by atoms with E-state index in [0.29, 0.717) is 6.29 Å². The maximum Gasteiger partial charge on any atom is 0.280 e. The molecule has 0 aliphatic rings. The van der Waals surface area contributed by atoms with Gasteiger partial charge >= 0.3 is 0 Å². The molecule has 20 heavy (non-hydrogen) atoms. The summed E-state index contributed by atoms with van der Waals surface area (Å²) in [7, 11) is 0. The van der Waals surface area contributed by atoms with Crippen LogP contribution in [0.3, 0.4) is 0 Å². The molecule has 104 valence electrons. The quantitative estimate of drug-likeness (QED) is 0.487. The minimum Gasteiger partial charge on any atom is -0.428 e. The fraction of sp³-hybridized carbons (Fsp3) is 0.0909. The second-order valence-electron chi connectivity index (χ2n) is 3.68. The minimum absolute atomic E-state index is 0.0238. The number of thiazole rings is 1. The number of halogens is 2. The van der Waals surface area contributed by atoms with Crippen molar-refractivity contribution in [1.82, 2.24) is 4.98 Å². The highest BCUT2D eigenvalue weighted by molar-refractivity contribution is 7.15. The number of nitro benzene ring substituents is 1. The van der Waals surface area contributed by atoms with E-state index in [1.807, 2.05) is 0 Å². The van der Waals surface area contributed by atoms with Gasteiger partial charge in [-0.15, -0.1) is 0 Å². The lowest BCUT2D eigenvalue weighted by Crippen LogP contribution is -1.95. The molecule has 6 nitrogen and oxygen atoms in total. The van der Waals surface area contributed by atoms with E-state index in [0.717, 1.165) is 17.4 Å². The topological polar surface area (TPSA) is 82.3 Å². The van der Waals surface area contributed by atoms with Gasteiger partial charge in [0.05, 0.1) is 11.0 Å². The monoisotopic (exact) mass is 316 g/mol. The molecule has 0 unspecified atom stereocenters. The number of hydrogen-bond acceptors (Lipinski definition) is 6. The maximum atomic E-state index is 13.7. The third-order valence-corrected chi connectivity index (χ3v) is 3.60. The first kappa shape index (κ1) is 14.4. The van der Waals surface area contributed by atoms with Crippen molar-refractivity contribution >= 4 is 34.9 Å². The summed E-state index contributed by atoms with van der Waals surface area (Å²) >= 11 is 6.50. The van der Waals surface area contributed by atoms with Crippen LogP contribution in [0.25, 0.3) is 0 Å². The van der Waals surface area contributed by atoms with E-state index in [2.05, 4.69) is 4.98 Å². The van der Waals surface area contributed by atoms with Gasteiger partial charge in [-0.3, -0.25) is 14.9 Å². The van der Waals surface area contributed by atoms with Gasteiger partial charge in [-0.1, -0.05) is 22.9 Å². The third kappa shape index (κ3) is 2.75. The average molecular weight is 317 g/mol. The zero-order valence-corrected chi connectivity index (χ0v) is 11.5. The molecule has 0 amide bonds. The lowest BCUT2D eigenvalue weighted by Gasteiger charge is -2.04. The van der Waals surface area contributed by atoms with Crippen LogP contribution in [-0.2, 0) is 0 Å². The summed E-state index contributed by atoms with van der Waals surface area (Å²) in [5.74, 6) is -1.13. The van der Waals surface area contributed by atoms with Crippen molar-refractivity contribution in [1.29, 1.82) is 0 Å². The Morgan fingerprint density at radius 2 is 2.25 bits per heavy atom. The normalized spacial score (nSPS) is 10.3. The highest BCUT2D eigenvalue weighted by Gasteiger charge is 2.18. The van der Waals surface area contributed by atoms with Crippen LogP contribution in [0.1, 0.15) is 15.2 Å². The molecule has 1 aromatic carbocycles. The van der Waals surface area contributed by atoms with Crippen molar-refractivity contribution in [2.45, 2.75) is 6.92 Å². The van der Waals surface area contributed by atoms with E-state index in [1.165, 1.54) is 13.0 Å². The molecule has 1 aromatic heterocycles. The Morgan fingerprint density at radius 3 is 2.80 bits per heavy atom. The van der Waals surface area contributed by atoms with Gasteiger partial charge in [-0.2, -0.15) is 4.98 Å². The summed E-state index contributed by atoms with van der Waals surface area (Å²) in [6.07, 6.45) is 0.504. The van der Waals surface area contributed by atoms with Crippen LogP contribution in [-0.4, -0.2) is 16.2 Å². The Kier molecular flexibility index (Phi) is 3.96. The van der Waals surface area contributed by atoms with Crippen LogP contribution in [0.2, 0.25) is 5.15 Å². The average Bonchev–Trinajstić information content (AvgIpc) is 2.73. The van der Waals surface area contributed by atoms with E-state index in [9.17, 15) is 19.3 Å². The standard InChI is InChI=1S/C11H6ClFN2O4S/c1-5-2-8(6(13)3-7(5)15(17)18)19-11-14-10(12)9(4-16)20-11/h2-4H,1H3. The first-order valence-corrected chi connectivity index (χ1v) is 6.35. The lowest BCUT2D eigenvalue weighted by atomic mass is 10.2. The summed E-state index contributed by atoms with van der Waals surface area (Å²) < 4.78 is 18.9. The molecular formula is C11H6ClFN2O4S. The Labute approximate surface area is 120 Å². The van der Waals surface area contributed by atoms with Crippen LogP contribution >= 0.6 is 22.9 Å². The molecular weight excluding hydrogens is 311 g/mol. The van der Waals surface area contributed by atoms with Crippen molar-refractivity contribution in [2.75, 3.05) is 0 Å². The largest absolute Gasteiger partial charge is 0.428 e. The van der Waals surface area contributed by atoms with E-state index >= 15 is 0 Å². The number of nitro groups is 1. The number of hydrogen-bond donors (Lipinski definition) is 0. The molecule has 0 N–H and O–H groups in total. The summed E-state index contributed by atoms with van der Waals surface area (Å²) in [5, 5.41) is 10.6. The van der Waals surface area contributed by atoms with Gasteiger partial charge in [-0.05, 0) is 13.0 Å². The molecule has 0 aliphatic carbocycles. The van der Waals surface area contributed by atoms with Crippen molar-refractivity contribution in [2.24, 2.45) is 0 Å². The summed E-state index contributed by atoms with van der Waals surface area (Å²) in [4.78, 5) is 24.5. The summed E-state index contributed by atoms with van der Waals surface area (Å²) in [6, 6.07) is 1.95. The second-order valence-corrected chi connectivity index (χ2v) is 5.03. The third-order valence-electron chi connectivity index (χ3n) is 2.34. The maximum absolute atomic E-state index is 13.7.